The summed E-state index contributed by atoms with van der Waals surface area (Å²) in [5.41, 5.74) is 0.783. The lowest BCUT2D eigenvalue weighted by Gasteiger charge is -2.58. The molecule has 6 atom stereocenters. The number of aliphatic hydroxyl groups is 1. The number of carbonyl (C=O) groups is 1. The van der Waals surface area contributed by atoms with Crippen LogP contribution in [0.15, 0.2) is 11.6 Å². The van der Waals surface area contributed by atoms with Crippen LogP contribution in [0.25, 0.3) is 0 Å². The Labute approximate surface area is 154 Å². The van der Waals surface area contributed by atoms with Crippen molar-refractivity contribution >= 4 is 21.7 Å². The van der Waals surface area contributed by atoms with Crippen molar-refractivity contribution in [2.45, 2.75) is 77.2 Å². The zero-order chi connectivity index (χ0) is 17.2. The van der Waals surface area contributed by atoms with Crippen LogP contribution in [0.4, 0.5) is 0 Å². The minimum absolute atomic E-state index is 0.00173. The fourth-order valence-electron chi connectivity index (χ4n) is 7.28. The van der Waals surface area contributed by atoms with Crippen LogP contribution in [0, 0.1) is 28.6 Å². The van der Waals surface area contributed by atoms with Crippen molar-refractivity contribution in [3.63, 3.8) is 0 Å². The van der Waals surface area contributed by atoms with Gasteiger partial charge in [0, 0.05) is 5.41 Å². The summed E-state index contributed by atoms with van der Waals surface area (Å²) in [6, 6.07) is 0. The zero-order valence-electron chi connectivity index (χ0n) is 15.1. The van der Waals surface area contributed by atoms with Gasteiger partial charge in [-0.05, 0) is 74.5 Å². The van der Waals surface area contributed by atoms with Crippen LogP contribution in [0.2, 0.25) is 0 Å². The van der Waals surface area contributed by atoms with Crippen LogP contribution in [-0.2, 0) is 4.79 Å². The number of ketones is 1. The molecule has 4 rings (SSSR count). The third kappa shape index (κ3) is 2.06. The monoisotopic (exact) mass is 394 g/mol. The largest absolute Gasteiger partial charge is 0.381 e. The normalized spacial score (nSPS) is 50.5. The summed E-state index contributed by atoms with van der Waals surface area (Å²) in [6.07, 6.45) is 13.0. The molecule has 4 aliphatic rings. The minimum atomic E-state index is -1.11. The molecule has 0 bridgehead atoms. The molecule has 24 heavy (non-hydrogen) atoms. The fourth-order valence-corrected chi connectivity index (χ4v) is 7.75. The SMILES string of the molecule is C[C@]12CCCCC1=CC[C@@H]1[C@@H]2CC[C@@]2(C)[C@H]1CC[C@]2(O)C(=O)CBr. The first kappa shape index (κ1) is 17.3. The van der Waals surface area contributed by atoms with Crippen molar-refractivity contribution in [2.24, 2.45) is 28.6 Å². The number of hydrogen-bond acceptors (Lipinski definition) is 2. The lowest BCUT2D eigenvalue weighted by Crippen LogP contribution is -2.57. The third-order valence-corrected chi connectivity index (χ3v) is 9.26. The van der Waals surface area contributed by atoms with Crippen molar-refractivity contribution < 1.29 is 9.90 Å². The van der Waals surface area contributed by atoms with E-state index in [-0.39, 0.29) is 16.5 Å². The predicted octanol–water partition coefficient (Wildman–Crippen LogP) is 5.03. The van der Waals surface area contributed by atoms with E-state index in [4.69, 9.17) is 0 Å². The minimum Gasteiger partial charge on any atom is -0.381 e. The molecule has 1 N–H and O–H groups in total. The number of allylic oxidation sites excluding steroid dienone is 2. The molecule has 0 aromatic heterocycles. The summed E-state index contributed by atoms with van der Waals surface area (Å²) in [4.78, 5) is 12.5. The highest BCUT2D eigenvalue weighted by Gasteiger charge is 2.65. The van der Waals surface area contributed by atoms with E-state index in [2.05, 4.69) is 35.9 Å². The van der Waals surface area contributed by atoms with Gasteiger partial charge in [0.15, 0.2) is 5.78 Å². The number of fused-ring (bicyclic) bond motifs is 5. The summed E-state index contributed by atoms with van der Waals surface area (Å²) in [7, 11) is 0. The van der Waals surface area contributed by atoms with E-state index < -0.39 is 5.60 Å². The Morgan fingerprint density at radius 1 is 1.21 bits per heavy atom. The molecular formula is C21H31BrO2. The van der Waals surface area contributed by atoms with Crippen LogP contribution in [0.1, 0.15) is 71.6 Å². The van der Waals surface area contributed by atoms with Crippen LogP contribution in [-0.4, -0.2) is 21.8 Å². The van der Waals surface area contributed by atoms with E-state index in [9.17, 15) is 9.90 Å². The number of rotatable bonds is 2. The number of halogens is 1. The van der Waals surface area contributed by atoms with Gasteiger partial charge in [0.25, 0.3) is 0 Å². The molecule has 0 heterocycles. The molecule has 0 amide bonds. The molecule has 0 unspecified atom stereocenters. The van der Waals surface area contributed by atoms with Gasteiger partial charge >= 0.3 is 0 Å². The molecule has 134 valence electrons. The standard InChI is InChI=1S/C21H31BrO2/c1-19-10-4-3-5-14(19)6-7-15-16(19)8-11-20(2)17(15)9-12-21(20,24)18(23)13-22/h6,15-17,24H,3-5,7-13H2,1-2H3/t15-,16+,17+,19+,20+,21+/m1/s1. The Hall–Kier alpha value is -0.150. The van der Waals surface area contributed by atoms with Gasteiger partial charge in [-0.25, -0.2) is 0 Å². The first-order valence-electron chi connectivity index (χ1n) is 9.88. The maximum Gasteiger partial charge on any atom is 0.175 e. The second kappa shape index (κ2) is 5.67. The summed E-state index contributed by atoms with van der Waals surface area (Å²) < 4.78 is 0. The second-order valence-corrected chi connectivity index (χ2v) is 9.94. The molecule has 4 aliphatic carbocycles. The molecule has 0 radical (unpaired) electrons. The van der Waals surface area contributed by atoms with Crippen molar-refractivity contribution in [2.75, 3.05) is 5.33 Å². The summed E-state index contributed by atoms with van der Waals surface area (Å²) >= 11 is 3.30. The Bertz CT molecular complexity index is 584. The molecular weight excluding hydrogens is 364 g/mol. The highest BCUT2D eigenvalue weighted by atomic mass is 79.9. The average Bonchev–Trinajstić information content (AvgIpc) is 2.86. The van der Waals surface area contributed by atoms with E-state index >= 15 is 0 Å². The molecule has 3 heteroatoms. The predicted molar refractivity (Wildman–Crippen MR) is 100 cm³/mol. The Morgan fingerprint density at radius 2 is 1.96 bits per heavy atom. The first-order chi connectivity index (χ1) is 11.4. The Kier molecular flexibility index (Phi) is 4.08. The number of carbonyl (C=O) groups excluding carboxylic acids is 1. The second-order valence-electron chi connectivity index (χ2n) is 9.38. The third-order valence-electron chi connectivity index (χ3n) is 8.75. The summed E-state index contributed by atoms with van der Waals surface area (Å²) in [5, 5.41) is 11.6. The highest BCUT2D eigenvalue weighted by Crippen LogP contribution is 2.67. The lowest BCUT2D eigenvalue weighted by molar-refractivity contribution is -0.158. The van der Waals surface area contributed by atoms with Crippen LogP contribution in [0.3, 0.4) is 0 Å². The Morgan fingerprint density at radius 3 is 2.71 bits per heavy atom. The van der Waals surface area contributed by atoms with Gasteiger partial charge in [-0.15, -0.1) is 0 Å². The molecule has 0 saturated heterocycles. The molecule has 2 nitrogen and oxygen atoms in total. The number of hydrogen-bond donors (Lipinski definition) is 1. The quantitative estimate of drug-likeness (QED) is 0.526. The van der Waals surface area contributed by atoms with E-state index in [0.29, 0.717) is 23.7 Å². The van der Waals surface area contributed by atoms with Crippen LogP contribution < -0.4 is 0 Å². The highest BCUT2D eigenvalue weighted by molar-refractivity contribution is 9.09. The van der Waals surface area contributed by atoms with Crippen LogP contribution in [0.5, 0.6) is 0 Å². The van der Waals surface area contributed by atoms with Gasteiger partial charge in [0.1, 0.15) is 5.60 Å². The molecule has 3 fully saturated rings. The Balaban J connectivity index is 1.69. The number of Topliss-reactive ketones (excluding diaryl/α,β-unsaturated/α-hetero) is 1. The van der Waals surface area contributed by atoms with Crippen molar-refractivity contribution in [3.8, 4) is 0 Å². The van der Waals surface area contributed by atoms with Gasteiger partial charge in [-0.2, -0.15) is 0 Å². The summed E-state index contributed by atoms with van der Waals surface area (Å²) in [6.45, 7) is 4.73. The summed E-state index contributed by atoms with van der Waals surface area (Å²) in [5.74, 6) is 1.92. The maximum atomic E-state index is 12.5. The fraction of sp³-hybridized carbons (Fsp3) is 0.857. The lowest BCUT2D eigenvalue weighted by atomic mass is 9.47. The van der Waals surface area contributed by atoms with E-state index in [0.717, 1.165) is 18.8 Å². The van der Waals surface area contributed by atoms with Crippen molar-refractivity contribution in [1.29, 1.82) is 0 Å². The van der Waals surface area contributed by atoms with Gasteiger partial charge in [-0.3, -0.25) is 4.79 Å². The van der Waals surface area contributed by atoms with Crippen molar-refractivity contribution in [3.05, 3.63) is 11.6 Å². The van der Waals surface area contributed by atoms with Crippen LogP contribution >= 0.6 is 15.9 Å². The molecule has 3 saturated carbocycles. The first-order valence-corrected chi connectivity index (χ1v) is 11.0. The maximum absolute atomic E-state index is 12.5. The molecule has 0 aromatic carbocycles. The molecule has 0 spiro atoms. The van der Waals surface area contributed by atoms with Gasteiger partial charge < -0.3 is 5.11 Å². The van der Waals surface area contributed by atoms with E-state index in [1.807, 2.05) is 0 Å². The smallest absolute Gasteiger partial charge is 0.175 e. The van der Waals surface area contributed by atoms with Crippen molar-refractivity contribution in [1.82, 2.24) is 0 Å². The van der Waals surface area contributed by atoms with E-state index in [1.165, 1.54) is 38.5 Å². The molecule has 0 aliphatic heterocycles. The van der Waals surface area contributed by atoms with Gasteiger partial charge in [-0.1, -0.05) is 47.8 Å². The number of alkyl halides is 1. The average molecular weight is 395 g/mol. The van der Waals surface area contributed by atoms with Gasteiger partial charge in [0.2, 0.25) is 0 Å². The zero-order valence-corrected chi connectivity index (χ0v) is 16.7. The molecule has 0 aromatic rings. The van der Waals surface area contributed by atoms with E-state index in [1.54, 1.807) is 5.57 Å². The van der Waals surface area contributed by atoms with Gasteiger partial charge in [0.05, 0.1) is 5.33 Å². The topological polar surface area (TPSA) is 37.3 Å².